The van der Waals surface area contributed by atoms with Crippen molar-refractivity contribution in [3.8, 4) is 0 Å². The molecule has 1 N–H and O–H groups in total. The number of hydrogen-bond acceptors (Lipinski definition) is 6. The number of nitrogens with zero attached hydrogens (tertiary/aromatic N) is 4. The number of methoxy groups -OCH3 is 1. The normalized spacial score (nSPS) is 16.0. The van der Waals surface area contributed by atoms with Gasteiger partial charge < -0.3 is 10.1 Å². The fraction of sp³-hybridized carbons (Fsp3) is 0.455. The summed E-state index contributed by atoms with van der Waals surface area (Å²) in [4.78, 5) is 26.6. The summed E-state index contributed by atoms with van der Waals surface area (Å²) in [6, 6.07) is 1.65. The zero-order valence-electron chi connectivity index (χ0n) is 18.5. The van der Waals surface area contributed by atoms with Crippen LogP contribution < -0.4 is 5.32 Å². The summed E-state index contributed by atoms with van der Waals surface area (Å²) in [5, 5.41) is 12.0. The molecule has 0 bridgehead atoms. The molecule has 0 unspecified atom stereocenters. The van der Waals surface area contributed by atoms with E-state index in [0.717, 1.165) is 34.2 Å². The van der Waals surface area contributed by atoms with Gasteiger partial charge in [0.2, 0.25) is 0 Å². The van der Waals surface area contributed by atoms with E-state index in [2.05, 4.69) is 52.2 Å². The summed E-state index contributed by atoms with van der Waals surface area (Å²) < 4.78 is 9.24. The highest BCUT2D eigenvalue weighted by molar-refractivity contribution is 9.10. The Morgan fingerprint density at radius 3 is 2.78 bits per heavy atom. The molecule has 0 saturated carbocycles. The summed E-state index contributed by atoms with van der Waals surface area (Å²) in [5.41, 5.74) is 1.94. The zero-order chi connectivity index (χ0) is 23.0. The lowest BCUT2D eigenvalue weighted by Crippen LogP contribution is -2.26. The number of halogens is 1. The second kappa shape index (κ2) is 8.82. The molecule has 8 nitrogen and oxygen atoms in total. The Bertz CT molecular complexity index is 1160. The van der Waals surface area contributed by atoms with Crippen LogP contribution in [-0.4, -0.2) is 38.5 Å². The van der Waals surface area contributed by atoms with Crippen LogP contribution in [0.2, 0.25) is 0 Å². The van der Waals surface area contributed by atoms with Crippen LogP contribution in [0, 0.1) is 11.3 Å². The molecule has 1 amide bonds. The Morgan fingerprint density at radius 2 is 2.12 bits per heavy atom. The van der Waals surface area contributed by atoms with Gasteiger partial charge in [0.1, 0.15) is 11.7 Å². The zero-order valence-corrected chi connectivity index (χ0v) is 20.9. The van der Waals surface area contributed by atoms with Gasteiger partial charge in [0.25, 0.3) is 5.91 Å². The summed E-state index contributed by atoms with van der Waals surface area (Å²) in [7, 11) is 1.37. The maximum atomic E-state index is 12.9. The van der Waals surface area contributed by atoms with Crippen molar-refractivity contribution in [3.05, 3.63) is 50.8 Å². The van der Waals surface area contributed by atoms with E-state index < -0.39 is 5.97 Å². The molecule has 1 aliphatic rings. The first-order chi connectivity index (χ1) is 15.2. The lowest BCUT2D eigenvalue weighted by Gasteiger charge is -2.33. The van der Waals surface area contributed by atoms with E-state index >= 15 is 0 Å². The third-order valence-electron chi connectivity index (χ3n) is 5.87. The number of nitrogens with one attached hydrogen (secondary N) is 1. The number of ether oxygens (including phenoxy) is 1. The van der Waals surface area contributed by atoms with Crippen molar-refractivity contribution in [2.45, 2.75) is 46.7 Å². The molecule has 1 aliphatic carbocycles. The Kier molecular flexibility index (Phi) is 6.26. The van der Waals surface area contributed by atoms with E-state index in [9.17, 15) is 9.59 Å². The van der Waals surface area contributed by atoms with Crippen LogP contribution in [0.25, 0.3) is 0 Å². The minimum atomic E-state index is -0.415. The molecule has 3 aromatic heterocycles. The second-order valence-corrected chi connectivity index (χ2v) is 11.1. The van der Waals surface area contributed by atoms with Gasteiger partial charge in [-0.15, -0.1) is 11.3 Å². The Morgan fingerprint density at radius 1 is 1.34 bits per heavy atom. The smallest absolute Gasteiger partial charge is 0.341 e. The predicted molar refractivity (Wildman–Crippen MR) is 126 cm³/mol. The van der Waals surface area contributed by atoms with Gasteiger partial charge in [-0.25, -0.2) is 9.48 Å². The summed E-state index contributed by atoms with van der Waals surface area (Å²) in [6.45, 7) is 7.13. The van der Waals surface area contributed by atoms with Crippen LogP contribution in [0.4, 0.5) is 5.00 Å². The summed E-state index contributed by atoms with van der Waals surface area (Å²) in [5.74, 6) is -0.246. The van der Waals surface area contributed by atoms with E-state index in [1.807, 2.05) is 6.20 Å². The number of anilines is 1. The highest BCUT2D eigenvalue weighted by atomic mass is 79.9. The van der Waals surface area contributed by atoms with Crippen LogP contribution in [0.5, 0.6) is 0 Å². The van der Waals surface area contributed by atoms with Gasteiger partial charge in [0.05, 0.1) is 23.3 Å². The predicted octanol–water partition coefficient (Wildman–Crippen LogP) is 4.60. The lowest BCUT2D eigenvalue weighted by molar-refractivity contribution is 0.0600. The van der Waals surface area contributed by atoms with E-state index in [1.165, 1.54) is 18.4 Å². The molecule has 0 radical (unpaired) electrons. The molecule has 3 heterocycles. The van der Waals surface area contributed by atoms with Gasteiger partial charge in [-0.1, -0.05) is 20.8 Å². The fourth-order valence-corrected chi connectivity index (χ4v) is 5.66. The average Bonchev–Trinajstić information content (AvgIpc) is 3.45. The monoisotopic (exact) mass is 519 g/mol. The first-order valence-corrected chi connectivity index (χ1v) is 12.0. The molecule has 10 heteroatoms. The number of thiophene rings is 1. The highest BCUT2D eigenvalue weighted by Crippen LogP contribution is 2.44. The van der Waals surface area contributed by atoms with E-state index in [1.54, 1.807) is 27.8 Å². The number of amides is 1. The van der Waals surface area contributed by atoms with Crippen molar-refractivity contribution in [1.82, 2.24) is 19.6 Å². The molecule has 0 aliphatic heterocycles. The first-order valence-electron chi connectivity index (χ1n) is 10.4. The Hall–Kier alpha value is -2.46. The third-order valence-corrected chi connectivity index (χ3v) is 7.45. The van der Waals surface area contributed by atoms with Crippen molar-refractivity contribution in [2.75, 3.05) is 12.4 Å². The first kappa shape index (κ1) is 22.7. The van der Waals surface area contributed by atoms with Gasteiger partial charge in [-0.3, -0.25) is 9.48 Å². The third kappa shape index (κ3) is 4.66. The molecule has 0 fully saturated rings. The van der Waals surface area contributed by atoms with Gasteiger partial charge in [0, 0.05) is 17.3 Å². The number of hydrogen-bond donors (Lipinski definition) is 1. The van der Waals surface area contributed by atoms with E-state index in [-0.39, 0.29) is 17.0 Å². The van der Waals surface area contributed by atoms with Crippen molar-refractivity contribution in [1.29, 1.82) is 0 Å². The van der Waals surface area contributed by atoms with Crippen LogP contribution in [0.3, 0.4) is 0 Å². The number of carbonyl (C=O) groups excluding carboxylic acids is 2. The van der Waals surface area contributed by atoms with Gasteiger partial charge >= 0.3 is 5.97 Å². The number of rotatable bonds is 5. The molecule has 0 saturated heterocycles. The van der Waals surface area contributed by atoms with Gasteiger partial charge in [-0.2, -0.15) is 10.2 Å². The molecular weight excluding hydrogens is 494 g/mol. The second-order valence-electron chi connectivity index (χ2n) is 9.04. The van der Waals surface area contributed by atoms with Crippen molar-refractivity contribution in [2.24, 2.45) is 11.3 Å². The molecule has 32 heavy (non-hydrogen) atoms. The van der Waals surface area contributed by atoms with Crippen molar-refractivity contribution in [3.63, 3.8) is 0 Å². The van der Waals surface area contributed by atoms with Crippen LogP contribution in [-0.2, 0) is 24.2 Å². The fourth-order valence-electron chi connectivity index (χ4n) is 4.02. The molecule has 170 valence electrons. The molecule has 1 atom stereocenters. The molecule has 3 aromatic rings. The maximum Gasteiger partial charge on any atom is 0.341 e. The van der Waals surface area contributed by atoms with Gasteiger partial charge in [-0.05, 0) is 58.2 Å². The minimum Gasteiger partial charge on any atom is -0.465 e. The quantitative estimate of drug-likeness (QED) is 0.497. The SMILES string of the molecule is COC(=O)c1c(NC(=O)c2ccn(Cn3cc(Br)cn3)n2)sc2c1CC[C@@H](C(C)(C)C)C2. The van der Waals surface area contributed by atoms with E-state index in [4.69, 9.17) is 4.74 Å². The maximum absolute atomic E-state index is 12.9. The van der Waals surface area contributed by atoms with Gasteiger partial charge in [0.15, 0.2) is 5.69 Å². The molecule has 4 rings (SSSR count). The number of carbonyl (C=O) groups is 2. The van der Waals surface area contributed by atoms with Crippen LogP contribution >= 0.6 is 27.3 Å². The molecule has 0 aromatic carbocycles. The Labute approximate surface area is 199 Å². The average molecular weight is 520 g/mol. The van der Waals surface area contributed by atoms with Crippen molar-refractivity contribution >= 4 is 44.1 Å². The number of aromatic nitrogens is 4. The minimum absolute atomic E-state index is 0.188. The summed E-state index contributed by atoms with van der Waals surface area (Å²) >= 11 is 4.83. The number of fused-ring (bicyclic) bond motifs is 1. The standard InChI is InChI=1S/C22H26BrN5O3S/c1-22(2,3)13-5-6-15-17(9-13)32-20(18(15)21(30)31-4)25-19(29)16-7-8-27(26-16)12-28-11-14(23)10-24-28/h7-8,10-11,13H,5-6,9,12H2,1-4H3,(H,25,29)/t13-/m1/s1. The molecule has 0 spiro atoms. The van der Waals surface area contributed by atoms with E-state index in [0.29, 0.717) is 23.2 Å². The number of esters is 1. The largest absolute Gasteiger partial charge is 0.465 e. The lowest BCUT2D eigenvalue weighted by atomic mass is 9.72. The van der Waals surface area contributed by atoms with Crippen LogP contribution in [0.1, 0.15) is 58.5 Å². The van der Waals surface area contributed by atoms with Crippen molar-refractivity contribution < 1.29 is 14.3 Å². The highest BCUT2D eigenvalue weighted by Gasteiger charge is 2.34. The Balaban J connectivity index is 1.55. The van der Waals surface area contributed by atoms with Crippen LogP contribution in [0.15, 0.2) is 29.1 Å². The summed E-state index contributed by atoms with van der Waals surface area (Å²) in [6.07, 6.45) is 7.95. The topological polar surface area (TPSA) is 91.0 Å². The molecular formula is C22H26BrN5O3S.